The minimum atomic E-state index is -0.979. The summed E-state index contributed by atoms with van der Waals surface area (Å²) >= 11 is 0. The molecule has 2 N–H and O–H groups in total. The Hall–Kier alpha value is -3.00. The Kier molecular flexibility index (Phi) is 6.99. The summed E-state index contributed by atoms with van der Waals surface area (Å²) in [5.41, 5.74) is 0.745. The molecule has 1 saturated heterocycles. The number of carbonyl (C=O) groups excluding carboxylic acids is 2. The third-order valence-corrected chi connectivity index (χ3v) is 4.94. The van der Waals surface area contributed by atoms with Gasteiger partial charge in [-0.2, -0.15) is 0 Å². The van der Waals surface area contributed by atoms with Crippen LogP contribution in [0.3, 0.4) is 0 Å². The van der Waals surface area contributed by atoms with E-state index >= 15 is 0 Å². The van der Waals surface area contributed by atoms with Crippen LogP contribution in [0.4, 0.5) is 20.2 Å². The standard InChI is InChI=1S/C22H25F2N3O3/c1-14(2)20(26-21(28)19-15(23)6-5-7-16(19)24)22(29)25-17-8-3-4-9-18(17)27-10-12-30-13-11-27/h3-9,14,20H,10-13H2,1-2H3,(H,25,29)(H,26,28). The van der Waals surface area contributed by atoms with Crippen molar-refractivity contribution in [1.29, 1.82) is 0 Å². The fourth-order valence-electron chi connectivity index (χ4n) is 3.33. The zero-order chi connectivity index (χ0) is 21.7. The van der Waals surface area contributed by atoms with Gasteiger partial charge in [0.15, 0.2) is 0 Å². The van der Waals surface area contributed by atoms with Crippen molar-refractivity contribution in [1.82, 2.24) is 5.32 Å². The quantitative estimate of drug-likeness (QED) is 0.757. The SMILES string of the molecule is CC(C)C(NC(=O)c1c(F)cccc1F)C(=O)Nc1ccccc1N1CCOCC1. The van der Waals surface area contributed by atoms with Crippen LogP contribution < -0.4 is 15.5 Å². The number of morpholine rings is 1. The third kappa shape index (κ3) is 4.94. The second-order valence-electron chi connectivity index (χ2n) is 7.40. The molecule has 1 unspecified atom stereocenters. The second-order valence-corrected chi connectivity index (χ2v) is 7.40. The highest BCUT2D eigenvalue weighted by molar-refractivity contribution is 6.02. The highest BCUT2D eigenvalue weighted by atomic mass is 19.1. The van der Waals surface area contributed by atoms with E-state index in [-0.39, 0.29) is 5.92 Å². The monoisotopic (exact) mass is 417 g/mol. The predicted octanol–water partition coefficient (Wildman–Crippen LogP) is 3.19. The van der Waals surface area contributed by atoms with Crippen LogP contribution in [0.2, 0.25) is 0 Å². The van der Waals surface area contributed by atoms with E-state index < -0.39 is 35.1 Å². The van der Waals surface area contributed by atoms with Crippen molar-refractivity contribution in [3.63, 3.8) is 0 Å². The molecule has 2 aromatic rings. The van der Waals surface area contributed by atoms with Gasteiger partial charge in [0.25, 0.3) is 5.91 Å². The number of anilines is 2. The van der Waals surface area contributed by atoms with Crippen molar-refractivity contribution in [2.24, 2.45) is 5.92 Å². The molecule has 0 radical (unpaired) electrons. The Morgan fingerprint density at radius 1 is 1.00 bits per heavy atom. The van der Waals surface area contributed by atoms with Gasteiger partial charge in [0, 0.05) is 13.1 Å². The molecule has 30 heavy (non-hydrogen) atoms. The summed E-state index contributed by atoms with van der Waals surface area (Å²) in [5, 5.41) is 5.32. The lowest BCUT2D eigenvalue weighted by atomic mass is 10.0. The van der Waals surface area contributed by atoms with Crippen LogP contribution >= 0.6 is 0 Å². The smallest absolute Gasteiger partial charge is 0.257 e. The lowest BCUT2D eigenvalue weighted by Gasteiger charge is -2.31. The van der Waals surface area contributed by atoms with Crippen molar-refractivity contribution >= 4 is 23.2 Å². The van der Waals surface area contributed by atoms with Crippen LogP contribution in [-0.4, -0.2) is 44.2 Å². The van der Waals surface area contributed by atoms with Crippen molar-refractivity contribution in [2.75, 3.05) is 36.5 Å². The number of amides is 2. The lowest BCUT2D eigenvalue weighted by molar-refractivity contribution is -0.118. The molecule has 0 aliphatic carbocycles. The highest BCUT2D eigenvalue weighted by Gasteiger charge is 2.28. The zero-order valence-corrected chi connectivity index (χ0v) is 17.0. The molecule has 3 rings (SSSR count). The van der Waals surface area contributed by atoms with Gasteiger partial charge in [-0.3, -0.25) is 9.59 Å². The maximum Gasteiger partial charge on any atom is 0.257 e. The van der Waals surface area contributed by atoms with Crippen LogP contribution in [0, 0.1) is 17.6 Å². The second kappa shape index (κ2) is 9.67. The molecule has 1 aliphatic rings. The average Bonchev–Trinajstić information content (AvgIpc) is 2.72. The van der Waals surface area contributed by atoms with E-state index in [1.54, 1.807) is 26.0 Å². The number of nitrogens with zero attached hydrogens (tertiary/aromatic N) is 1. The Bertz CT molecular complexity index is 894. The largest absolute Gasteiger partial charge is 0.378 e. The highest BCUT2D eigenvalue weighted by Crippen LogP contribution is 2.27. The molecule has 0 spiro atoms. The minimum absolute atomic E-state index is 0.306. The van der Waals surface area contributed by atoms with Crippen molar-refractivity contribution < 1.29 is 23.1 Å². The molecule has 1 heterocycles. The van der Waals surface area contributed by atoms with Crippen LogP contribution in [0.25, 0.3) is 0 Å². The van der Waals surface area contributed by atoms with E-state index in [1.165, 1.54) is 6.07 Å². The molecule has 0 saturated carbocycles. The Morgan fingerprint density at radius 3 is 2.27 bits per heavy atom. The molecule has 2 amide bonds. The van der Waals surface area contributed by atoms with Gasteiger partial charge in [-0.1, -0.05) is 32.0 Å². The Labute approximate surface area is 174 Å². The first-order chi connectivity index (χ1) is 14.4. The number of nitrogens with one attached hydrogen (secondary N) is 2. The van der Waals surface area contributed by atoms with Crippen LogP contribution in [0.5, 0.6) is 0 Å². The first-order valence-electron chi connectivity index (χ1n) is 9.86. The van der Waals surface area contributed by atoms with Crippen LogP contribution in [-0.2, 0) is 9.53 Å². The van der Waals surface area contributed by atoms with Gasteiger partial charge >= 0.3 is 0 Å². The van der Waals surface area contributed by atoms with E-state index in [0.717, 1.165) is 17.8 Å². The summed E-state index contributed by atoms with van der Waals surface area (Å²) in [4.78, 5) is 27.6. The predicted molar refractivity (Wildman–Crippen MR) is 111 cm³/mol. The number of rotatable bonds is 6. The van der Waals surface area contributed by atoms with Crippen molar-refractivity contribution in [3.05, 3.63) is 59.7 Å². The number of benzene rings is 2. The van der Waals surface area contributed by atoms with Crippen LogP contribution in [0.1, 0.15) is 24.2 Å². The summed E-state index contributed by atoms with van der Waals surface area (Å²) in [6.45, 7) is 6.09. The molecule has 1 atom stereocenters. The number of para-hydroxylation sites is 2. The first-order valence-corrected chi connectivity index (χ1v) is 9.86. The summed E-state index contributed by atoms with van der Waals surface area (Å²) in [7, 11) is 0. The fraction of sp³-hybridized carbons (Fsp3) is 0.364. The van der Waals surface area contributed by atoms with Crippen molar-refractivity contribution in [3.8, 4) is 0 Å². The van der Waals surface area contributed by atoms with Gasteiger partial charge in [0.1, 0.15) is 23.2 Å². The minimum Gasteiger partial charge on any atom is -0.378 e. The van der Waals surface area contributed by atoms with Gasteiger partial charge in [0.2, 0.25) is 5.91 Å². The maximum atomic E-state index is 13.9. The molecular weight excluding hydrogens is 392 g/mol. The van der Waals surface area contributed by atoms with Gasteiger partial charge in [-0.15, -0.1) is 0 Å². The summed E-state index contributed by atoms with van der Waals surface area (Å²) in [5.74, 6) is -3.70. The van der Waals surface area contributed by atoms with Crippen LogP contribution in [0.15, 0.2) is 42.5 Å². The van der Waals surface area contributed by atoms with Gasteiger partial charge in [-0.25, -0.2) is 8.78 Å². The fourth-order valence-corrected chi connectivity index (χ4v) is 3.33. The van der Waals surface area contributed by atoms with Gasteiger partial charge in [-0.05, 0) is 30.2 Å². The number of hydrogen-bond acceptors (Lipinski definition) is 4. The Balaban J connectivity index is 1.78. The molecule has 8 heteroatoms. The van der Waals surface area contributed by atoms with E-state index in [0.29, 0.717) is 32.0 Å². The molecule has 1 fully saturated rings. The molecule has 6 nitrogen and oxygen atoms in total. The van der Waals surface area contributed by atoms with Gasteiger partial charge in [0.05, 0.1) is 24.6 Å². The third-order valence-electron chi connectivity index (χ3n) is 4.94. The van der Waals surface area contributed by atoms with Gasteiger partial charge < -0.3 is 20.3 Å². The number of carbonyl (C=O) groups is 2. The summed E-state index contributed by atoms with van der Waals surface area (Å²) in [6, 6.07) is 9.56. The maximum absolute atomic E-state index is 13.9. The first kappa shape index (κ1) is 21.7. The molecular formula is C22H25F2N3O3. The molecule has 0 aromatic heterocycles. The van der Waals surface area contributed by atoms with E-state index in [1.807, 2.05) is 12.1 Å². The average molecular weight is 417 g/mol. The number of halogens is 2. The molecule has 2 aromatic carbocycles. The molecule has 1 aliphatic heterocycles. The molecule has 160 valence electrons. The summed E-state index contributed by atoms with van der Waals surface area (Å²) in [6.07, 6.45) is 0. The van der Waals surface area contributed by atoms with Crippen molar-refractivity contribution in [2.45, 2.75) is 19.9 Å². The van der Waals surface area contributed by atoms with E-state index in [2.05, 4.69) is 15.5 Å². The Morgan fingerprint density at radius 2 is 1.63 bits per heavy atom. The van der Waals surface area contributed by atoms with E-state index in [4.69, 9.17) is 4.74 Å². The normalized spacial score (nSPS) is 15.0. The zero-order valence-electron chi connectivity index (χ0n) is 17.0. The van der Waals surface area contributed by atoms with E-state index in [9.17, 15) is 18.4 Å². The number of ether oxygens (including phenoxy) is 1. The lowest BCUT2D eigenvalue weighted by Crippen LogP contribution is -2.47. The molecule has 0 bridgehead atoms. The topological polar surface area (TPSA) is 70.7 Å². The number of hydrogen-bond donors (Lipinski definition) is 2. The summed E-state index contributed by atoms with van der Waals surface area (Å²) < 4.78 is 33.3.